The summed E-state index contributed by atoms with van der Waals surface area (Å²) in [6.07, 6.45) is 0.702. The van der Waals surface area contributed by atoms with Gasteiger partial charge >= 0.3 is 0 Å². The molecule has 3 nitrogen and oxygen atoms in total. The molecule has 1 amide bonds. The topological polar surface area (TPSA) is 55.1 Å². The van der Waals surface area contributed by atoms with Crippen LogP contribution < -0.4 is 11.1 Å². The van der Waals surface area contributed by atoms with E-state index in [1.165, 1.54) is 0 Å². The lowest BCUT2D eigenvalue weighted by molar-refractivity contribution is -0.120. The lowest BCUT2D eigenvalue weighted by Gasteiger charge is -2.20. The summed E-state index contributed by atoms with van der Waals surface area (Å²) >= 11 is 3.42. The highest BCUT2D eigenvalue weighted by molar-refractivity contribution is 9.10. The van der Waals surface area contributed by atoms with Crippen molar-refractivity contribution >= 4 is 21.8 Å². The second kappa shape index (κ2) is 6.01. The Morgan fingerprint density at radius 2 is 2.25 bits per heavy atom. The van der Waals surface area contributed by atoms with Crippen LogP contribution in [-0.4, -0.2) is 11.9 Å². The molecule has 0 bridgehead atoms. The van der Waals surface area contributed by atoms with Crippen LogP contribution in [0.1, 0.15) is 31.9 Å². The summed E-state index contributed by atoms with van der Waals surface area (Å²) in [7, 11) is 0. The molecule has 2 atom stereocenters. The lowest BCUT2D eigenvalue weighted by atomic mass is 10.1. The fourth-order valence-corrected chi connectivity index (χ4v) is 1.99. The summed E-state index contributed by atoms with van der Waals surface area (Å²) in [5.41, 5.74) is 6.43. The normalized spacial score (nSPS) is 14.4. The van der Waals surface area contributed by atoms with E-state index >= 15 is 0 Å². The molecule has 0 saturated carbocycles. The van der Waals surface area contributed by atoms with E-state index in [1.54, 1.807) is 0 Å². The Morgan fingerprint density at radius 1 is 1.56 bits per heavy atom. The molecular weight excluding hydrogens is 268 g/mol. The van der Waals surface area contributed by atoms with Crippen molar-refractivity contribution in [3.05, 3.63) is 34.3 Å². The molecule has 0 aromatic heterocycles. The quantitative estimate of drug-likeness (QED) is 0.872. The van der Waals surface area contributed by atoms with E-state index in [9.17, 15) is 4.79 Å². The van der Waals surface area contributed by atoms with Crippen LogP contribution in [0.4, 0.5) is 0 Å². The van der Waals surface area contributed by atoms with Crippen molar-refractivity contribution in [3.63, 3.8) is 0 Å². The third-order valence-electron chi connectivity index (χ3n) is 2.55. The third kappa shape index (κ3) is 3.61. The van der Waals surface area contributed by atoms with Gasteiger partial charge in [-0.3, -0.25) is 10.1 Å². The van der Waals surface area contributed by atoms with Crippen LogP contribution in [0.3, 0.4) is 0 Å². The van der Waals surface area contributed by atoms with E-state index in [0.717, 1.165) is 10.0 Å². The fraction of sp³-hybridized carbons (Fsp3) is 0.417. The smallest absolute Gasteiger partial charge is 0.234 e. The zero-order valence-electron chi connectivity index (χ0n) is 9.53. The first-order valence-electron chi connectivity index (χ1n) is 5.35. The van der Waals surface area contributed by atoms with Gasteiger partial charge in [-0.25, -0.2) is 0 Å². The first kappa shape index (κ1) is 13.2. The van der Waals surface area contributed by atoms with Gasteiger partial charge in [-0.05, 0) is 31.0 Å². The number of benzene rings is 1. The number of rotatable bonds is 5. The molecule has 16 heavy (non-hydrogen) atoms. The van der Waals surface area contributed by atoms with Gasteiger partial charge in [0.1, 0.15) is 0 Å². The number of nitrogens with one attached hydrogen (secondary N) is 1. The van der Waals surface area contributed by atoms with Gasteiger partial charge in [0.2, 0.25) is 5.91 Å². The number of amides is 1. The van der Waals surface area contributed by atoms with Crippen molar-refractivity contribution < 1.29 is 4.79 Å². The minimum absolute atomic E-state index is 0.106. The molecule has 4 heteroatoms. The van der Waals surface area contributed by atoms with Crippen LogP contribution >= 0.6 is 15.9 Å². The number of nitrogens with two attached hydrogens (primary N) is 1. The van der Waals surface area contributed by atoms with E-state index < -0.39 is 0 Å². The van der Waals surface area contributed by atoms with Gasteiger partial charge in [0.15, 0.2) is 0 Å². The van der Waals surface area contributed by atoms with Crippen LogP contribution in [0, 0.1) is 0 Å². The Kier molecular flexibility index (Phi) is 4.96. The molecule has 0 heterocycles. The average molecular weight is 285 g/mol. The van der Waals surface area contributed by atoms with Gasteiger partial charge in [0.05, 0.1) is 6.04 Å². The SMILES string of the molecule is CCC(N[C@H](C)c1cccc(Br)c1)C(N)=O. The Bertz CT molecular complexity index is 368. The van der Waals surface area contributed by atoms with Crippen molar-refractivity contribution in [2.75, 3.05) is 0 Å². The number of hydrogen-bond donors (Lipinski definition) is 2. The maximum Gasteiger partial charge on any atom is 0.234 e. The molecule has 0 aliphatic carbocycles. The summed E-state index contributed by atoms with van der Waals surface area (Å²) in [6, 6.07) is 7.84. The third-order valence-corrected chi connectivity index (χ3v) is 3.04. The molecule has 0 radical (unpaired) electrons. The van der Waals surface area contributed by atoms with Gasteiger partial charge in [-0.1, -0.05) is 35.0 Å². The lowest BCUT2D eigenvalue weighted by Crippen LogP contribution is -2.41. The summed E-state index contributed by atoms with van der Waals surface area (Å²) in [5.74, 6) is -0.302. The molecule has 0 spiro atoms. The predicted octanol–water partition coefficient (Wildman–Crippen LogP) is 2.36. The molecule has 88 valence electrons. The minimum Gasteiger partial charge on any atom is -0.368 e. The Labute approximate surface area is 105 Å². The number of carbonyl (C=O) groups excluding carboxylic acids is 1. The number of hydrogen-bond acceptors (Lipinski definition) is 2. The maximum atomic E-state index is 11.1. The Hall–Kier alpha value is -0.870. The average Bonchev–Trinajstić information content (AvgIpc) is 2.25. The molecular formula is C12H17BrN2O. The largest absolute Gasteiger partial charge is 0.368 e. The Morgan fingerprint density at radius 3 is 2.75 bits per heavy atom. The summed E-state index contributed by atoms with van der Waals surface area (Å²) in [4.78, 5) is 11.1. The molecule has 1 rings (SSSR count). The van der Waals surface area contributed by atoms with Gasteiger partial charge < -0.3 is 5.73 Å². The van der Waals surface area contributed by atoms with E-state index in [-0.39, 0.29) is 18.0 Å². The van der Waals surface area contributed by atoms with Crippen molar-refractivity contribution in [2.24, 2.45) is 5.73 Å². The molecule has 1 aromatic rings. The molecule has 1 unspecified atom stereocenters. The van der Waals surface area contributed by atoms with Crippen LogP contribution in [0.25, 0.3) is 0 Å². The molecule has 3 N–H and O–H groups in total. The number of carbonyl (C=O) groups is 1. The first-order chi connectivity index (χ1) is 7.54. The zero-order chi connectivity index (χ0) is 12.1. The van der Waals surface area contributed by atoms with Crippen molar-refractivity contribution in [1.82, 2.24) is 5.32 Å². The second-order valence-corrected chi connectivity index (χ2v) is 4.72. The van der Waals surface area contributed by atoms with Crippen molar-refractivity contribution in [3.8, 4) is 0 Å². The first-order valence-corrected chi connectivity index (χ1v) is 6.14. The monoisotopic (exact) mass is 284 g/mol. The molecule has 1 aromatic carbocycles. The summed E-state index contributed by atoms with van der Waals surface area (Å²) < 4.78 is 1.03. The predicted molar refractivity (Wildman–Crippen MR) is 69.0 cm³/mol. The van der Waals surface area contributed by atoms with Gasteiger partial charge in [-0.15, -0.1) is 0 Å². The van der Waals surface area contributed by atoms with Crippen LogP contribution in [0.15, 0.2) is 28.7 Å². The van der Waals surface area contributed by atoms with E-state index in [0.29, 0.717) is 6.42 Å². The van der Waals surface area contributed by atoms with Crippen molar-refractivity contribution in [2.45, 2.75) is 32.4 Å². The van der Waals surface area contributed by atoms with E-state index in [2.05, 4.69) is 21.2 Å². The van der Waals surface area contributed by atoms with Crippen molar-refractivity contribution in [1.29, 1.82) is 0 Å². The zero-order valence-corrected chi connectivity index (χ0v) is 11.1. The Balaban J connectivity index is 2.71. The van der Waals surface area contributed by atoms with E-state index in [4.69, 9.17) is 5.73 Å². The standard InChI is InChI=1S/C12H17BrN2O/c1-3-11(12(14)16)15-8(2)9-5-4-6-10(13)7-9/h4-8,11,15H,3H2,1-2H3,(H2,14,16)/t8-,11?/m1/s1. The van der Waals surface area contributed by atoms with Gasteiger partial charge in [0, 0.05) is 10.5 Å². The maximum absolute atomic E-state index is 11.1. The summed E-state index contributed by atoms with van der Waals surface area (Å²) in [6.45, 7) is 3.96. The number of primary amides is 1. The highest BCUT2D eigenvalue weighted by Crippen LogP contribution is 2.18. The highest BCUT2D eigenvalue weighted by Gasteiger charge is 2.16. The van der Waals surface area contributed by atoms with Gasteiger partial charge in [0.25, 0.3) is 0 Å². The van der Waals surface area contributed by atoms with E-state index in [1.807, 2.05) is 38.1 Å². The molecule has 0 saturated heterocycles. The molecule has 0 aliphatic heterocycles. The minimum atomic E-state index is -0.302. The van der Waals surface area contributed by atoms with Crippen LogP contribution in [-0.2, 0) is 4.79 Å². The second-order valence-electron chi connectivity index (χ2n) is 3.81. The summed E-state index contributed by atoms with van der Waals surface area (Å²) in [5, 5.41) is 3.21. The molecule has 0 fully saturated rings. The van der Waals surface area contributed by atoms with Crippen LogP contribution in [0.5, 0.6) is 0 Å². The number of halogens is 1. The van der Waals surface area contributed by atoms with Gasteiger partial charge in [-0.2, -0.15) is 0 Å². The van der Waals surface area contributed by atoms with Crippen LogP contribution in [0.2, 0.25) is 0 Å². The fourth-order valence-electron chi connectivity index (χ4n) is 1.58. The highest BCUT2D eigenvalue weighted by atomic mass is 79.9. The molecule has 0 aliphatic rings.